The average molecular weight is 207 g/mol. The van der Waals surface area contributed by atoms with Gasteiger partial charge in [0.05, 0.1) is 11.6 Å². The largest absolute Gasteiger partial charge is 0.492 e. The summed E-state index contributed by atoms with van der Waals surface area (Å²) in [5.41, 5.74) is 0.786. The number of terminal acetylenes is 1. The molecule has 0 saturated heterocycles. The Morgan fingerprint density at radius 3 is 2.86 bits per heavy atom. The molecule has 0 atom stereocenters. The lowest BCUT2D eigenvalue weighted by atomic mass is 10.2. The fraction of sp³-hybridized carbons (Fsp3) is 0.333. The monoisotopic (exact) mass is 206 g/mol. The number of ether oxygens (including phenoxy) is 1. The molecule has 0 aromatic heterocycles. The maximum Gasteiger partial charge on any atom is 0.137 e. The van der Waals surface area contributed by atoms with Crippen LogP contribution in [0.2, 0.25) is 5.02 Å². The normalized spacial score (nSPS) is 14.9. The van der Waals surface area contributed by atoms with E-state index in [9.17, 15) is 0 Å². The Kier molecular flexibility index (Phi) is 2.65. The summed E-state index contributed by atoms with van der Waals surface area (Å²) in [7, 11) is 0. The highest BCUT2D eigenvalue weighted by molar-refractivity contribution is 6.32. The average Bonchev–Trinajstić information content (AvgIpc) is 2.99. The maximum atomic E-state index is 5.99. The molecule has 1 aliphatic rings. The first kappa shape index (κ1) is 9.43. The molecule has 0 unspecified atom stereocenters. The van der Waals surface area contributed by atoms with Crippen molar-refractivity contribution in [3.63, 3.8) is 0 Å². The van der Waals surface area contributed by atoms with Crippen molar-refractivity contribution >= 4 is 11.6 Å². The molecule has 14 heavy (non-hydrogen) atoms. The third-order valence-electron chi connectivity index (χ3n) is 2.27. The van der Waals surface area contributed by atoms with Crippen molar-refractivity contribution in [2.75, 3.05) is 6.61 Å². The number of benzene rings is 1. The van der Waals surface area contributed by atoms with Gasteiger partial charge in [0.1, 0.15) is 5.75 Å². The maximum absolute atomic E-state index is 5.99. The van der Waals surface area contributed by atoms with Crippen molar-refractivity contribution in [1.29, 1.82) is 0 Å². The Hall–Kier alpha value is -1.13. The van der Waals surface area contributed by atoms with E-state index in [1.807, 2.05) is 12.1 Å². The summed E-state index contributed by atoms with van der Waals surface area (Å²) in [5, 5.41) is 0.598. The van der Waals surface area contributed by atoms with Gasteiger partial charge in [-0.15, -0.1) is 6.42 Å². The van der Waals surface area contributed by atoms with Gasteiger partial charge in [0.15, 0.2) is 0 Å². The molecule has 0 amide bonds. The molecule has 0 aliphatic heterocycles. The van der Waals surface area contributed by atoms with Crippen molar-refractivity contribution in [1.82, 2.24) is 0 Å². The fourth-order valence-corrected chi connectivity index (χ4v) is 1.43. The van der Waals surface area contributed by atoms with Crippen LogP contribution in [0.25, 0.3) is 0 Å². The second-order valence-electron chi connectivity index (χ2n) is 3.54. The molecule has 0 heterocycles. The zero-order chi connectivity index (χ0) is 9.97. The molecular weight excluding hydrogens is 196 g/mol. The van der Waals surface area contributed by atoms with E-state index in [2.05, 4.69) is 5.92 Å². The topological polar surface area (TPSA) is 9.23 Å². The van der Waals surface area contributed by atoms with Gasteiger partial charge in [-0.2, -0.15) is 0 Å². The number of rotatable bonds is 3. The standard InChI is InChI=1S/C12H11ClO/c1-2-9-5-6-12(11(13)7-9)14-8-10-3-4-10/h1,5-7,10H,3-4,8H2. The van der Waals surface area contributed by atoms with Crippen LogP contribution in [-0.4, -0.2) is 6.61 Å². The first-order valence-corrected chi connectivity index (χ1v) is 5.06. The van der Waals surface area contributed by atoms with Gasteiger partial charge in [-0.1, -0.05) is 17.5 Å². The van der Waals surface area contributed by atoms with Crippen LogP contribution in [0.3, 0.4) is 0 Å². The summed E-state index contributed by atoms with van der Waals surface area (Å²) in [4.78, 5) is 0. The molecule has 2 heteroatoms. The highest BCUT2D eigenvalue weighted by Gasteiger charge is 2.22. The molecular formula is C12H11ClO. The molecule has 1 aromatic carbocycles. The second kappa shape index (κ2) is 3.94. The van der Waals surface area contributed by atoms with Crippen LogP contribution in [0.15, 0.2) is 18.2 Å². The quantitative estimate of drug-likeness (QED) is 0.691. The predicted molar refractivity (Wildman–Crippen MR) is 57.6 cm³/mol. The minimum atomic E-state index is 0.598. The Morgan fingerprint density at radius 2 is 2.29 bits per heavy atom. The van der Waals surface area contributed by atoms with Crippen molar-refractivity contribution in [3.8, 4) is 18.1 Å². The summed E-state index contributed by atoms with van der Waals surface area (Å²) < 4.78 is 5.56. The Morgan fingerprint density at radius 1 is 1.50 bits per heavy atom. The number of halogens is 1. The Labute approximate surface area is 89.0 Å². The second-order valence-corrected chi connectivity index (χ2v) is 3.95. The Bertz CT molecular complexity index is 374. The van der Waals surface area contributed by atoms with E-state index in [4.69, 9.17) is 22.8 Å². The smallest absolute Gasteiger partial charge is 0.137 e. The summed E-state index contributed by atoms with van der Waals surface area (Å²) in [6, 6.07) is 5.43. The molecule has 1 fully saturated rings. The van der Waals surface area contributed by atoms with Gasteiger partial charge in [-0.25, -0.2) is 0 Å². The molecule has 1 saturated carbocycles. The van der Waals surface area contributed by atoms with E-state index >= 15 is 0 Å². The van der Waals surface area contributed by atoms with Gasteiger partial charge < -0.3 is 4.74 Å². The predicted octanol–water partition coefficient (Wildman–Crippen LogP) is 3.11. The van der Waals surface area contributed by atoms with Gasteiger partial charge in [-0.05, 0) is 37.0 Å². The fourth-order valence-electron chi connectivity index (χ4n) is 1.20. The van der Waals surface area contributed by atoms with E-state index < -0.39 is 0 Å². The van der Waals surface area contributed by atoms with E-state index in [1.54, 1.807) is 6.07 Å². The first-order valence-electron chi connectivity index (χ1n) is 4.68. The van der Waals surface area contributed by atoms with Crippen molar-refractivity contribution in [2.24, 2.45) is 5.92 Å². The van der Waals surface area contributed by atoms with E-state index in [0.29, 0.717) is 5.02 Å². The lowest BCUT2D eigenvalue weighted by Crippen LogP contribution is -1.99. The first-order chi connectivity index (χ1) is 6.79. The van der Waals surface area contributed by atoms with Gasteiger partial charge in [0, 0.05) is 5.56 Å². The lowest BCUT2D eigenvalue weighted by molar-refractivity contribution is 0.300. The summed E-state index contributed by atoms with van der Waals surface area (Å²) >= 11 is 5.99. The zero-order valence-corrected chi connectivity index (χ0v) is 8.55. The third-order valence-corrected chi connectivity index (χ3v) is 2.57. The molecule has 1 aromatic rings. The van der Waals surface area contributed by atoms with Gasteiger partial charge in [-0.3, -0.25) is 0 Å². The summed E-state index contributed by atoms with van der Waals surface area (Å²) in [6.45, 7) is 0.773. The van der Waals surface area contributed by atoms with Crippen LogP contribution in [0.4, 0.5) is 0 Å². The molecule has 0 N–H and O–H groups in total. The summed E-state index contributed by atoms with van der Waals surface area (Å²) in [5.74, 6) is 4.00. The molecule has 0 bridgehead atoms. The Balaban J connectivity index is 2.05. The van der Waals surface area contributed by atoms with Crippen LogP contribution in [0, 0.1) is 18.3 Å². The van der Waals surface area contributed by atoms with E-state index in [1.165, 1.54) is 12.8 Å². The van der Waals surface area contributed by atoms with Gasteiger partial charge in [0.2, 0.25) is 0 Å². The van der Waals surface area contributed by atoms with Crippen LogP contribution < -0.4 is 4.74 Å². The van der Waals surface area contributed by atoms with Crippen molar-refractivity contribution < 1.29 is 4.74 Å². The van der Waals surface area contributed by atoms with Crippen molar-refractivity contribution in [3.05, 3.63) is 28.8 Å². The van der Waals surface area contributed by atoms with Crippen molar-refractivity contribution in [2.45, 2.75) is 12.8 Å². The highest BCUT2D eigenvalue weighted by atomic mass is 35.5. The van der Waals surface area contributed by atoms with Gasteiger partial charge >= 0.3 is 0 Å². The highest BCUT2D eigenvalue weighted by Crippen LogP contribution is 2.31. The number of hydrogen-bond acceptors (Lipinski definition) is 1. The van der Waals surface area contributed by atoms with E-state index in [-0.39, 0.29) is 0 Å². The van der Waals surface area contributed by atoms with E-state index in [0.717, 1.165) is 23.8 Å². The zero-order valence-electron chi connectivity index (χ0n) is 7.79. The molecule has 72 valence electrons. The number of hydrogen-bond donors (Lipinski definition) is 0. The lowest BCUT2D eigenvalue weighted by Gasteiger charge is -2.06. The molecule has 1 nitrogen and oxygen atoms in total. The molecule has 2 rings (SSSR count). The third kappa shape index (κ3) is 2.21. The molecule has 0 radical (unpaired) electrons. The van der Waals surface area contributed by atoms with Crippen LogP contribution in [-0.2, 0) is 0 Å². The minimum Gasteiger partial charge on any atom is -0.492 e. The van der Waals surface area contributed by atoms with Crippen LogP contribution >= 0.6 is 11.6 Å². The van der Waals surface area contributed by atoms with Crippen LogP contribution in [0.1, 0.15) is 18.4 Å². The van der Waals surface area contributed by atoms with Gasteiger partial charge in [0.25, 0.3) is 0 Å². The molecule has 0 spiro atoms. The van der Waals surface area contributed by atoms with Crippen LogP contribution in [0.5, 0.6) is 5.75 Å². The SMILES string of the molecule is C#Cc1ccc(OCC2CC2)c(Cl)c1. The molecule has 1 aliphatic carbocycles. The minimum absolute atomic E-state index is 0.598. The summed E-state index contributed by atoms with van der Waals surface area (Å²) in [6.07, 6.45) is 7.81.